The molecule has 0 atom stereocenters. The van der Waals surface area contributed by atoms with Gasteiger partial charge < -0.3 is 14.6 Å². The van der Waals surface area contributed by atoms with Crippen molar-refractivity contribution in [1.82, 2.24) is 25.3 Å². The lowest BCUT2D eigenvalue weighted by molar-refractivity contribution is 0.102. The van der Waals surface area contributed by atoms with Gasteiger partial charge in [-0.3, -0.25) is 9.89 Å². The molecule has 0 radical (unpaired) electrons. The second kappa shape index (κ2) is 8.85. The van der Waals surface area contributed by atoms with E-state index >= 15 is 0 Å². The SMILES string of the molecule is CCc1nc(COc2ccc(C(=O)Nc3ccc(C)cc3-c3n[nH]c(C4CC4)n3)cc2)no1. The fourth-order valence-corrected chi connectivity index (χ4v) is 3.42. The van der Waals surface area contributed by atoms with E-state index in [1.54, 1.807) is 24.3 Å². The average molecular weight is 444 g/mol. The molecule has 1 fully saturated rings. The molecule has 4 aromatic rings. The lowest BCUT2D eigenvalue weighted by Crippen LogP contribution is -2.13. The quantitative estimate of drug-likeness (QED) is 0.412. The number of aryl methyl sites for hydroxylation is 2. The van der Waals surface area contributed by atoms with Crippen molar-refractivity contribution in [2.24, 2.45) is 0 Å². The van der Waals surface area contributed by atoms with E-state index < -0.39 is 0 Å². The largest absolute Gasteiger partial charge is 0.485 e. The van der Waals surface area contributed by atoms with Gasteiger partial charge in [-0.05, 0) is 56.2 Å². The topological polar surface area (TPSA) is 119 Å². The summed E-state index contributed by atoms with van der Waals surface area (Å²) < 4.78 is 10.8. The van der Waals surface area contributed by atoms with Crippen LogP contribution in [0.25, 0.3) is 11.4 Å². The Labute approximate surface area is 190 Å². The number of anilines is 1. The van der Waals surface area contributed by atoms with Crippen molar-refractivity contribution < 1.29 is 14.1 Å². The number of nitrogens with zero attached hydrogens (tertiary/aromatic N) is 4. The van der Waals surface area contributed by atoms with Crippen molar-refractivity contribution in [2.45, 2.75) is 45.6 Å². The van der Waals surface area contributed by atoms with E-state index in [1.807, 2.05) is 32.0 Å². The van der Waals surface area contributed by atoms with E-state index in [-0.39, 0.29) is 12.5 Å². The van der Waals surface area contributed by atoms with Gasteiger partial charge in [0.1, 0.15) is 11.6 Å². The maximum atomic E-state index is 12.9. The predicted octanol–water partition coefficient (Wildman–Crippen LogP) is 4.43. The van der Waals surface area contributed by atoms with Crippen LogP contribution in [-0.2, 0) is 13.0 Å². The predicted molar refractivity (Wildman–Crippen MR) is 121 cm³/mol. The Hall–Kier alpha value is -4.01. The molecule has 1 aliphatic rings. The van der Waals surface area contributed by atoms with Crippen molar-refractivity contribution >= 4 is 11.6 Å². The van der Waals surface area contributed by atoms with Crippen LogP contribution >= 0.6 is 0 Å². The Morgan fingerprint density at radius 3 is 2.73 bits per heavy atom. The molecule has 1 amide bonds. The van der Waals surface area contributed by atoms with Gasteiger partial charge in [-0.1, -0.05) is 23.7 Å². The summed E-state index contributed by atoms with van der Waals surface area (Å²) in [6.07, 6.45) is 2.96. The third-order valence-corrected chi connectivity index (χ3v) is 5.43. The first-order chi connectivity index (χ1) is 16.1. The summed E-state index contributed by atoms with van der Waals surface area (Å²) in [6, 6.07) is 12.7. The van der Waals surface area contributed by atoms with Crippen molar-refractivity contribution in [3.63, 3.8) is 0 Å². The molecule has 0 aliphatic heterocycles. The molecule has 0 spiro atoms. The first kappa shape index (κ1) is 20.9. The van der Waals surface area contributed by atoms with Crippen molar-refractivity contribution in [2.75, 3.05) is 5.32 Å². The van der Waals surface area contributed by atoms with Crippen LogP contribution in [0, 0.1) is 6.92 Å². The van der Waals surface area contributed by atoms with Crippen LogP contribution in [0.5, 0.6) is 5.75 Å². The Morgan fingerprint density at radius 2 is 2.00 bits per heavy atom. The molecule has 5 rings (SSSR count). The number of nitrogens with one attached hydrogen (secondary N) is 2. The maximum Gasteiger partial charge on any atom is 0.255 e. The van der Waals surface area contributed by atoms with Crippen LogP contribution in [0.15, 0.2) is 47.0 Å². The van der Waals surface area contributed by atoms with E-state index in [2.05, 4.69) is 30.6 Å². The number of aromatic nitrogens is 5. The average Bonchev–Trinajstić information content (AvgIpc) is 3.38. The molecule has 1 saturated carbocycles. The zero-order valence-corrected chi connectivity index (χ0v) is 18.5. The molecule has 2 aromatic carbocycles. The Morgan fingerprint density at radius 1 is 1.18 bits per heavy atom. The van der Waals surface area contributed by atoms with Crippen molar-refractivity contribution in [3.05, 3.63) is 71.1 Å². The van der Waals surface area contributed by atoms with Crippen LogP contribution in [-0.4, -0.2) is 31.2 Å². The standard InChI is InChI=1S/C24H24N6O3/c1-3-21-26-20(30-33-21)13-32-17-9-7-16(8-10-17)24(31)25-19-11-4-14(2)12-18(19)23-27-22(28-29-23)15-5-6-15/h4,7-12,15H,3,5-6,13H2,1-2H3,(H,25,31)(H,27,28,29). The summed E-state index contributed by atoms with van der Waals surface area (Å²) in [6.45, 7) is 4.14. The number of hydrogen-bond donors (Lipinski definition) is 2. The lowest BCUT2D eigenvalue weighted by Gasteiger charge is -2.11. The normalized spacial score (nSPS) is 13.2. The number of benzene rings is 2. The third kappa shape index (κ3) is 4.77. The number of H-pyrrole nitrogens is 1. The number of ether oxygens (including phenoxy) is 1. The van der Waals surface area contributed by atoms with Crippen LogP contribution in [0.3, 0.4) is 0 Å². The number of rotatable bonds is 8. The van der Waals surface area contributed by atoms with Crippen LogP contribution < -0.4 is 10.1 Å². The summed E-state index contributed by atoms with van der Waals surface area (Å²) in [5.74, 6) is 3.42. The molecule has 2 aromatic heterocycles. The molecule has 1 aliphatic carbocycles. The molecule has 2 heterocycles. The first-order valence-electron chi connectivity index (χ1n) is 11.0. The van der Waals surface area contributed by atoms with Crippen LogP contribution in [0.1, 0.15) is 59.1 Å². The zero-order chi connectivity index (χ0) is 22.8. The number of carbonyl (C=O) groups excluding carboxylic acids is 1. The number of aromatic amines is 1. The summed E-state index contributed by atoms with van der Waals surface area (Å²) in [5.41, 5.74) is 3.03. The Bertz CT molecular complexity index is 1270. The Balaban J connectivity index is 1.27. The monoisotopic (exact) mass is 444 g/mol. The molecule has 168 valence electrons. The minimum absolute atomic E-state index is 0.196. The van der Waals surface area contributed by atoms with Gasteiger partial charge in [0.05, 0.1) is 5.69 Å². The van der Waals surface area contributed by atoms with Gasteiger partial charge >= 0.3 is 0 Å². The smallest absolute Gasteiger partial charge is 0.255 e. The molecular formula is C24H24N6O3. The van der Waals surface area contributed by atoms with E-state index in [9.17, 15) is 4.79 Å². The zero-order valence-electron chi connectivity index (χ0n) is 18.5. The fourth-order valence-electron chi connectivity index (χ4n) is 3.42. The number of carbonyl (C=O) groups is 1. The summed E-state index contributed by atoms with van der Waals surface area (Å²) in [7, 11) is 0. The summed E-state index contributed by atoms with van der Waals surface area (Å²) >= 11 is 0. The van der Waals surface area contributed by atoms with Gasteiger partial charge in [0.15, 0.2) is 12.4 Å². The van der Waals surface area contributed by atoms with Gasteiger partial charge in [-0.25, -0.2) is 4.98 Å². The maximum absolute atomic E-state index is 12.9. The molecule has 0 unspecified atom stereocenters. The highest BCUT2D eigenvalue weighted by Crippen LogP contribution is 2.39. The van der Waals surface area contributed by atoms with Gasteiger partial charge in [0.2, 0.25) is 11.7 Å². The summed E-state index contributed by atoms with van der Waals surface area (Å²) in [5, 5.41) is 14.3. The minimum Gasteiger partial charge on any atom is -0.485 e. The highest BCUT2D eigenvalue weighted by molar-refractivity contribution is 6.06. The number of hydrogen-bond acceptors (Lipinski definition) is 7. The van der Waals surface area contributed by atoms with E-state index in [0.29, 0.717) is 46.9 Å². The van der Waals surface area contributed by atoms with Gasteiger partial charge in [0, 0.05) is 23.5 Å². The molecule has 33 heavy (non-hydrogen) atoms. The molecule has 0 bridgehead atoms. The summed E-state index contributed by atoms with van der Waals surface area (Å²) in [4.78, 5) is 21.7. The Kier molecular flexibility index (Phi) is 5.60. The van der Waals surface area contributed by atoms with Gasteiger partial charge in [-0.15, -0.1) is 0 Å². The first-order valence-corrected chi connectivity index (χ1v) is 11.0. The molecule has 9 nitrogen and oxygen atoms in total. The third-order valence-electron chi connectivity index (χ3n) is 5.43. The van der Waals surface area contributed by atoms with Crippen molar-refractivity contribution in [1.29, 1.82) is 0 Å². The van der Waals surface area contributed by atoms with Gasteiger partial charge in [0.25, 0.3) is 5.91 Å². The van der Waals surface area contributed by atoms with Crippen LogP contribution in [0.4, 0.5) is 5.69 Å². The minimum atomic E-state index is -0.227. The fraction of sp³-hybridized carbons (Fsp3) is 0.292. The highest BCUT2D eigenvalue weighted by atomic mass is 16.5. The van der Waals surface area contributed by atoms with Crippen molar-refractivity contribution in [3.8, 4) is 17.1 Å². The second-order valence-corrected chi connectivity index (χ2v) is 8.09. The molecule has 2 N–H and O–H groups in total. The second-order valence-electron chi connectivity index (χ2n) is 8.09. The van der Waals surface area contributed by atoms with E-state index in [0.717, 1.165) is 29.8 Å². The lowest BCUT2D eigenvalue weighted by atomic mass is 10.1. The molecule has 9 heteroatoms. The van der Waals surface area contributed by atoms with Crippen LogP contribution in [0.2, 0.25) is 0 Å². The van der Waals surface area contributed by atoms with E-state index in [4.69, 9.17) is 9.26 Å². The highest BCUT2D eigenvalue weighted by Gasteiger charge is 2.27. The molecule has 0 saturated heterocycles. The van der Waals surface area contributed by atoms with Gasteiger partial charge in [-0.2, -0.15) is 10.1 Å². The van der Waals surface area contributed by atoms with E-state index in [1.165, 1.54) is 0 Å². The number of amides is 1. The molecular weight excluding hydrogens is 420 g/mol.